The van der Waals surface area contributed by atoms with E-state index in [4.69, 9.17) is 22.7 Å². The van der Waals surface area contributed by atoms with E-state index in [0.717, 1.165) is 0 Å². The molecule has 0 aliphatic rings. The van der Waals surface area contributed by atoms with Gasteiger partial charge in [0.15, 0.2) is 0 Å². The molecule has 0 rings (SSSR count). The molecule has 0 aromatic carbocycles. The van der Waals surface area contributed by atoms with Gasteiger partial charge in [0.05, 0.1) is 17.6 Å². The third-order valence-corrected chi connectivity index (χ3v) is 1.94. The van der Waals surface area contributed by atoms with E-state index in [9.17, 15) is 4.79 Å². The van der Waals surface area contributed by atoms with E-state index in [0.29, 0.717) is 11.5 Å². The number of carbonyl (C=O) groups excluding carboxylic acids is 1. The second-order valence-corrected chi connectivity index (χ2v) is 4.47. The van der Waals surface area contributed by atoms with Crippen LogP contribution in [0.15, 0.2) is 0 Å². The Morgan fingerprint density at radius 1 is 1.40 bits per heavy atom. The summed E-state index contributed by atoms with van der Waals surface area (Å²) in [5, 5.41) is 0. The summed E-state index contributed by atoms with van der Waals surface area (Å²) >= 11 is 4.79. The molecule has 0 unspecified atom stereocenters. The molecule has 0 heterocycles. The maximum atomic E-state index is 11.7. The first-order valence-corrected chi connectivity index (χ1v) is 5.44. The average Bonchev–Trinajstić information content (AvgIpc) is 2.09. The van der Waals surface area contributed by atoms with Crippen LogP contribution in [-0.4, -0.2) is 41.1 Å². The van der Waals surface area contributed by atoms with Gasteiger partial charge >= 0.3 is 0 Å². The van der Waals surface area contributed by atoms with Crippen LogP contribution in [0.4, 0.5) is 0 Å². The number of thiocarbonyl (C=S) groups is 1. The number of carbonyl (C=O) groups is 1. The molecular weight excluding hydrogens is 212 g/mol. The van der Waals surface area contributed by atoms with E-state index in [1.54, 1.807) is 4.90 Å². The van der Waals surface area contributed by atoms with Crippen molar-refractivity contribution >= 4 is 23.1 Å². The molecule has 5 heteroatoms. The fraction of sp³-hybridized carbons (Fsp3) is 0.800. The maximum absolute atomic E-state index is 11.7. The minimum absolute atomic E-state index is 0.0489. The van der Waals surface area contributed by atoms with Gasteiger partial charge in [0, 0.05) is 6.04 Å². The van der Waals surface area contributed by atoms with E-state index < -0.39 is 0 Å². The average molecular weight is 232 g/mol. The van der Waals surface area contributed by atoms with Gasteiger partial charge in [0.2, 0.25) is 5.91 Å². The van der Waals surface area contributed by atoms with Crippen LogP contribution >= 0.6 is 12.2 Å². The van der Waals surface area contributed by atoms with Gasteiger partial charge in [-0.2, -0.15) is 0 Å². The number of ether oxygens (including phenoxy) is 1. The van der Waals surface area contributed by atoms with Crippen LogP contribution in [0.3, 0.4) is 0 Å². The Balaban J connectivity index is 4.23. The monoisotopic (exact) mass is 232 g/mol. The van der Waals surface area contributed by atoms with E-state index in [1.807, 2.05) is 27.7 Å². The number of nitrogens with two attached hydrogens (primary N) is 1. The van der Waals surface area contributed by atoms with Crippen LogP contribution in [0, 0.1) is 0 Å². The summed E-state index contributed by atoms with van der Waals surface area (Å²) in [6.45, 7) is 8.02. The quantitative estimate of drug-likeness (QED) is 0.692. The Hall–Kier alpha value is -0.680. The highest BCUT2D eigenvalue weighted by molar-refractivity contribution is 7.80. The van der Waals surface area contributed by atoms with Gasteiger partial charge in [-0.1, -0.05) is 12.2 Å². The fourth-order valence-electron chi connectivity index (χ4n) is 1.05. The van der Waals surface area contributed by atoms with Crippen molar-refractivity contribution in [3.05, 3.63) is 0 Å². The second-order valence-electron chi connectivity index (χ2n) is 3.94. The van der Waals surface area contributed by atoms with Crippen LogP contribution in [0.2, 0.25) is 0 Å². The molecule has 15 heavy (non-hydrogen) atoms. The summed E-state index contributed by atoms with van der Waals surface area (Å²) in [6.07, 6.45) is 0.0489. The van der Waals surface area contributed by atoms with Crippen molar-refractivity contribution in [1.82, 2.24) is 4.90 Å². The molecule has 0 fully saturated rings. The van der Waals surface area contributed by atoms with Gasteiger partial charge in [-0.05, 0) is 27.7 Å². The van der Waals surface area contributed by atoms with E-state index in [1.165, 1.54) is 0 Å². The molecule has 0 spiro atoms. The topological polar surface area (TPSA) is 55.6 Å². The highest BCUT2D eigenvalue weighted by Crippen LogP contribution is 2.00. The van der Waals surface area contributed by atoms with E-state index in [2.05, 4.69) is 0 Å². The molecule has 0 atom stereocenters. The molecule has 0 aliphatic carbocycles. The number of rotatable bonds is 6. The van der Waals surface area contributed by atoms with Gasteiger partial charge in [-0.25, -0.2) is 0 Å². The molecule has 2 N–H and O–H groups in total. The summed E-state index contributed by atoms with van der Waals surface area (Å²) < 4.78 is 5.24. The van der Waals surface area contributed by atoms with Crippen LogP contribution in [-0.2, 0) is 9.53 Å². The molecule has 0 aromatic rings. The molecule has 0 saturated heterocycles. The van der Waals surface area contributed by atoms with Crippen LogP contribution in [0.1, 0.15) is 27.7 Å². The van der Waals surface area contributed by atoms with Crippen molar-refractivity contribution in [2.75, 3.05) is 13.2 Å². The summed E-state index contributed by atoms with van der Waals surface area (Å²) in [4.78, 5) is 13.6. The van der Waals surface area contributed by atoms with Crippen LogP contribution in [0.25, 0.3) is 0 Å². The number of amides is 1. The maximum Gasteiger partial charge on any atom is 0.249 e. The normalized spacial score (nSPS) is 10.8. The predicted octanol–water partition coefficient (Wildman–Crippen LogP) is 0.935. The summed E-state index contributed by atoms with van der Waals surface area (Å²) in [5.41, 5.74) is 5.42. The fourth-order valence-corrected chi connectivity index (χ4v) is 1.19. The molecule has 4 nitrogen and oxygen atoms in total. The lowest BCUT2D eigenvalue weighted by Gasteiger charge is -2.26. The number of hydrogen-bond acceptors (Lipinski definition) is 3. The van der Waals surface area contributed by atoms with E-state index in [-0.39, 0.29) is 24.7 Å². The SMILES string of the molecule is CC(C)OCC(=O)N(CC(N)=S)C(C)C. The Bertz CT molecular complexity index is 229. The first-order chi connectivity index (χ1) is 6.84. The zero-order chi connectivity index (χ0) is 12.0. The largest absolute Gasteiger partial charge is 0.392 e. The Morgan fingerprint density at radius 3 is 2.27 bits per heavy atom. The molecule has 88 valence electrons. The zero-order valence-electron chi connectivity index (χ0n) is 9.82. The first kappa shape index (κ1) is 14.3. The van der Waals surface area contributed by atoms with Gasteiger partial charge in [0.25, 0.3) is 0 Å². The van der Waals surface area contributed by atoms with Gasteiger partial charge in [-0.3, -0.25) is 4.79 Å². The summed E-state index contributed by atoms with van der Waals surface area (Å²) in [5.74, 6) is -0.0773. The molecule has 0 radical (unpaired) electrons. The number of hydrogen-bond donors (Lipinski definition) is 1. The minimum Gasteiger partial charge on any atom is -0.392 e. The molecular formula is C10H20N2O2S. The third-order valence-electron chi connectivity index (χ3n) is 1.81. The molecule has 1 amide bonds. The minimum atomic E-state index is -0.0773. The molecule has 0 aliphatic heterocycles. The smallest absolute Gasteiger partial charge is 0.249 e. The lowest BCUT2D eigenvalue weighted by atomic mass is 10.3. The second kappa shape index (κ2) is 6.74. The predicted molar refractivity (Wildman–Crippen MR) is 64.7 cm³/mol. The number of nitrogens with zero attached hydrogens (tertiary/aromatic N) is 1. The molecule has 0 aromatic heterocycles. The van der Waals surface area contributed by atoms with Gasteiger partial charge in [0.1, 0.15) is 6.61 Å². The summed E-state index contributed by atoms with van der Waals surface area (Å²) in [7, 11) is 0. The summed E-state index contributed by atoms with van der Waals surface area (Å²) in [6, 6.07) is 0.0785. The Kier molecular flexibility index (Phi) is 6.43. The standard InChI is InChI=1S/C10H20N2O2S/c1-7(2)12(5-9(11)15)10(13)6-14-8(3)4/h7-8H,5-6H2,1-4H3,(H2,11,15). The van der Waals surface area contributed by atoms with Crippen molar-refractivity contribution in [2.45, 2.75) is 39.8 Å². The Morgan fingerprint density at radius 2 is 1.93 bits per heavy atom. The first-order valence-electron chi connectivity index (χ1n) is 5.04. The molecule has 0 bridgehead atoms. The highest BCUT2D eigenvalue weighted by Gasteiger charge is 2.17. The lowest BCUT2D eigenvalue weighted by molar-refractivity contribution is -0.138. The van der Waals surface area contributed by atoms with Crippen LogP contribution < -0.4 is 5.73 Å². The van der Waals surface area contributed by atoms with Gasteiger partial charge in [-0.15, -0.1) is 0 Å². The van der Waals surface area contributed by atoms with Crippen molar-refractivity contribution in [2.24, 2.45) is 5.73 Å². The van der Waals surface area contributed by atoms with Gasteiger partial charge < -0.3 is 15.4 Å². The van der Waals surface area contributed by atoms with E-state index >= 15 is 0 Å². The van der Waals surface area contributed by atoms with Crippen LogP contribution in [0.5, 0.6) is 0 Å². The molecule has 0 saturated carbocycles. The lowest BCUT2D eigenvalue weighted by Crippen LogP contribution is -2.44. The Labute approximate surface area is 96.8 Å². The van der Waals surface area contributed by atoms with Crippen molar-refractivity contribution in [3.8, 4) is 0 Å². The highest BCUT2D eigenvalue weighted by atomic mass is 32.1. The third kappa shape index (κ3) is 6.41. The van der Waals surface area contributed by atoms with Crippen molar-refractivity contribution in [3.63, 3.8) is 0 Å². The van der Waals surface area contributed by atoms with Crippen molar-refractivity contribution in [1.29, 1.82) is 0 Å². The zero-order valence-corrected chi connectivity index (χ0v) is 10.6. The van der Waals surface area contributed by atoms with Crippen molar-refractivity contribution < 1.29 is 9.53 Å².